The maximum atomic E-state index is 14.2. The number of fused-ring (bicyclic) bond motifs is 1. The lowest BCUT2D eigenvalue weighted by Crippen LogP contribution is -2.53. The Balaban J connectivity index is 1.57. The number of carboxylic acids is 1. The van der Waals surface area contributed by atoms with Crippen molar-refractivity contribution in [3.05, 3.63) is 102 Å². The Bertz CT molecular complexity index is 1590. The van der Waals surface area contributed by atoms with E-state index in [1.165, 1.54) is 4.90 Å². The molecular weight excluding hydrogens is 596 g/mol. The van der Waals surface area contributed by atoms with Crippen LogP contribution in [0.2, 0.25) is 0 Å². The number of likely N-dealkylation sites (N-methyl/N-ethyl adjacent to an activating group) is 1. The number of H-pyrrole nitrogens is 1. The van der Waals surface area contributed by atoms with Gasteiger partial charge in [-0.05, 0) is 36.1 Å². The summed E-state index contributed by atoms with van der Waals surface area (Å²) in [6, 6.07) is 23.7. The summed E-state index contributed by atoms with van der Waals surface area (Å²) in [6.45, 7) is 2.94. The number of carboxylic acid groups (broad SMARTS) is 1. The molecule has 1 heterocycles. The van der Waals surface area contributed by atoms with Crippen molar-refractivity contribution < 1.29 is 29.0 Å². The van der Waals surface area contributed by atoms with Crippen molar-refractivity contribution in [2.45, 2.75) is 57.7 Å². The Labute approximate surface area is 276 Å². The van der Waals surface area contributed by atoms with Gasteiger partial charge < -0.3 is 29.8 Å². The van der Waals surface area contributed by atoms with Crippen molar-refractivity contribution in [2.75, 3.05) is 33.9 Å². The first-order valence-corrected chi connectivity index (χ1v) is 16.1. The number of para-hydroxylation sites is 2. The molecule has 0 spiro atoms. The van der Waals surface area contributed by atoms with E-state index in [1.54, 1.807) is 19.1 Å². The van der Waals surface area contributed by atoms with Gasteiger partial charge in [-0.25, -0.2) is 4.79 Å². The molecule has 0 bridgehead atoms. The standard InChI is InChI=1S/C37H46N4O6/c1-4-5-21-47-37(45)41(20-19-38-30(24-35(42)43)23-29-25-39-32-17-11-10-16-31(29)32)33(22-27-13-7-6-8-14-27)36(44)40(2)26-28-15-9-12-18-34(28)46-3/h6-18,25,30,33,38-39H,4-5,19-24,26H2,1-3H3,(H,42,43)/t30-,33-/m0/s1. The van der Waals surface area contributed by atoms with Gasteiger partial charge in [-0.1, -0.05) is 80.1 Å². The monoisotopic (exact) mass is 642 g/mol. The molecule has 0 aliphatic carbocycles. The predicted molar refractivity (Wildman–Crippen MR) is 182 cm³/mol. The van der Waals surface area contributed by atoms with Crippen molar-refractivity contribution in [2.24, 2.45) is 0 Å². The highest BCUT2D eigenvalue weighted by molar-refractivity contribution is 5.86. The zero-order chi connectivity index (χ0) is 33.6. The topological polar surface area (TPSA) is 124 Å². The zero-order valence-electron chi connectivity index (χ0n) is 27.5. The molecule has 250 valence electrons. The second kappa shape index (κ2) is 17.8. The van der Waals surface area contributed by atoms with Crippen molar-refractivity contribution in [1.29, 1.82) is 0 Å². The van der Waals surface area contributed by atoms with Crippen molar-refractivity contribution in [3.8, 4) is 5.75 Å². The Kier molecular flexibility index (Phi) is 13.2. The minimum absolute atomic E-state index is 0.103. The van der Waals surface area contributed by atoms with E-state index >= 15 is 0 Å². The summed E-state index contributed by atoms with van der Waals surface area (Å²) in [4.78, 5) is 46.1. The van der Waals surface area contributed by atoms with Gasteiger partial charge >= 0.3 is 12.1 Å². The minimum atomic E-state index is -0.923. The molecule has 47 heavy (non-hydrogen) atoms. The number of hydrogen-bond donors (Lipinski definition) is 3. The highest BCUT2D eigenvalue weighted by Crippen LogP contribution is 2.22. The van der Waals surface area contributed by atoms with Crippen LogP contribution >= 0.6 is 0 Å². The van der Waals surface area contributed by atoms with E-state index in [-0.39, 0.29) is 45.0 Å². The largest absolute Gasteiger partial charge is 0.496 e. The molecule has 2 amide bonds. The number of nitrogens with one attached hydrogen (secondary N) is 2. The lowest BCUT2D eigenvalue weighted by molar-refractivity contribution is -0.137. The van der Waals surface area contributed by atoms with E-state index in [1.807, 2.05) is 92.0 Å². The van der Waals surface area contributed by atoms with Crippen LogP contribution in [0.5, 0.6) is 5.75 Å². The predicted octanol–water partition coefficient (Wildman–Crippen LogP) is 5.66. The lowest BCUT2D eigenvalue weighted by Gasteiger charge is -2.34. The number of aromatic nitrogens is 1. The number of aliphatic carboxylic acids is 1. The lowest BCUT2D eigenvalue weighted by atomic mass is 10.0. The molecule has 1 aromatic heterocycles. The Morgan fingerprint density at radius 2 is 1.66 bits per heavy atom. The number of methoxy groups -OCH3 is 1. The number of unbranched alkanes of at least 4 members (excludes halogenated alkanes) is 1. The van der Waals surface area contributed by atoms with Gasteiger partial charge in [0.2, 0.25) is 5.91 Å². The van der Waals surface area contributed by atoms with Gasteiger partial charge in [0.1, 0.15) is 11.8 Å². The van der Waals surface area contributed by atoms with E-state index in [0.29, 0.717) is 18.6 Å². The average molecular weight is 643 g/mol. The number of amides is 2. The number of carbonyl (C=O) groups is 3. The number of nitrogens with zero attached hydrogens (tertiary/aromatic N) is 2. The first-order valence-electron chi connectivity index (χ1n) is 16.1. The number of ether oxygens (including phenoxy) is 2. The molecule has 4 aromatic rings. The maximum Gasteiger partial charge on any atom is 0.410 e. The van der Waals surface area contributed by atoms with Crippen LogP contribution in [0.25, 0.3) is 10.9 Å². The molecule has 0 aliphatic rings. The van der Waals surface area contributed by atoms with Gasteiger partial charge in [-0.2, -0.15) is 0 Å². The van der Waals surface area contributed by atoms with E-state index < -0.39 is 24.1 Å². The first-order chi connectivity index (χ1) is 22.8. The number of carbonyl (C=O) groups excluding carboxylic acids is 2. The third kappa shape index (κ3) is 10.1. The molecule has 10 nitrogen and oxygen atoms in total. The minimum Gasteiger partial charge on any atom is -0.496 e. The van der Waals surface area contributed by atoms with Crippen molar-refractivity contribution in [3.63, 3.8) is 0 Å². The molecule has 0 fully saturated rings. The summed E-state index contributed by atoms with van der Waals surface area (Å²) in [5.74, 6) is -0.493. The van der Waals surface area contributed by atoms with Crippen LogP contribution < -0.4 is 10.1 Å². The molecule has 2 atom stereocenters. The molecule has 0 unspecified atom stereocenters. The summed E-state index contributed by atoms with van der Waals surface area (Å²) in [5.41, 5.74) is 3.73. The Morgan fingerprint density at radius 1 is 0.936 bits per heavy atom. The second-order valence-electron chi connectivity index (χ2n) is 11.7. The third-order valence-corrected chi connectivity index (χ3v) is 8.22. The fourth-order valence-corrected chi connectivity index (χ4v) is 5.73. The molecule has 0 saturated heterocycles. The van der Waals surface area contributed by atoms with Crippen molar-refractivity contribution in [1.82, 2.24) is 20.1 Å². The van der Waals surface area contributed by atoms with Crippen LogP contribution in [0.3, 0.4) is 0 Å². The molecule has 3 aromatic carbocycles. The van der Waals surface area contributed by atoms with Crippen LogP contribution in [-0.2, 0) is 33.7 Å². The summed E-state index contributed by atoms with van der Waals surface area (Å²) >= 11 is 0. The number of benzene rings is 3. The number of aromatic amines is 1. The third-order valence-electron chi connectivity index (χ3n) is 8.22. The highest BCUT2D eigenvalue weighted by Gasteiger charge is 2.33. The molecular formula is C37H46N4O6. The maximum absolute atomic E-state index is 14.2. The zero-order valence-corrected chi connectivity index (χ0v) is 27.5. The summed E-state index contributed by atoms with van der Waals surface area (Å²) < 4.78 is 11.2. The molecule has 3 N–H and O–H groups in total. The van der Waals surface area contributed by atoms with Crippen LogP contribution in [0.4, 0.5) is 4.79 Å². The average Bonchev–Trinajstić information content (AvgIpc) is 3.48. The van der Waals surface area contributed by atoms with Gasteiger partial charge in [-0.15, -0.1) is 0 Å². The van der Waals surface area contributed by atoms with E-state index in [0.717, 1.165) is 34.0 Å². The van der Waals surface area contributed by atoms with Gasteiger partial charge in [0.25, 0.3) is 0 Å². The second-order valence-corrected chi connectivity index (χ2v) is 11.7. The van der Waals surface area contributed by atoms with E-state index in [2.05, 4.69) is 10.3 Å². The fraction of sp³-hybridized carbons (Fsp3) is 0.378. The summed E-state index contributed by atoms with van der Waals surface area (Å²) in [7, 11) is 3.31. The van der Waals surface area contributed by atoms with Crippen molar-refractivity contribution >= 4 is 28.9 Å². The van der Waals surface area contributed by atoms with Crippen LogP contribution in [-0.4, -0.2) is 83.8 Å². The fourth-order valence-electron chi connectivity index (χ4n) is 5.73. The van der Waals surface area contributed by atoms with Gasteiger partial charge in [0, 0.05) is 61.8 Å². The van der Waals surface area contributed by atoms with Crippen LogP contribution in [0.1, 0.15) is 42.9 Å². The van der Waals surface area contributed by atoms with Crippen LogP contribution in [0, 0.1) is 0 Å². The smallest absolute Gasteiger partial charge is 0.410 e. The van der Waals surface area contributed by atoms with Crippen LogP contribution in [0.15, 0.2) is 85.1 Å². The van der Waals surface area contributed by atoms with Gasteiger partial charge in [-0.3, -0.25) is 14.5 Å². The normalized spacial score (nSPS) is 12.3. The summed E-state index contributed by atoms with van der Waals surface area (Å²) in [5, 5.41) is 14.1. The molecule has 0 radical (unpaired) electrons. The van der Waals surface area contributed by atoms with E-state index in [4.69, 9.17) is 9.47 Å². The van der Waals surface area contributed by atoms with Gasteiger partial charge in [0.05, 0.1) is 20.1 Å². The van der Waals surface area contributed by atoms with Gasteiger partial charge in [0.15, 0.2) is 0 Å². The Hall–Kier alpha value is -4.83. The first kappa shape index (κ1) is 35.0. The molecule has 10 heteroatoms. The molecule has 0 saturated carbocycles. The molecule has 0 aliphatic heterocycles. The number of rotatable bonds is 18. The number of hydrogen-bond acceptors (Lipinski definition) is 6. The quantitative estimate of drug-likeness (QED) is 0.120. The summed E-state index contributed by atoms with van der Waals surface area (Å²) in [6.07, 6.45) is 3.55. The highest BCUT2D eigenvalue weighted by atomic mass is 16.6. The Morgan fingerprint density at radius 3 is 2.40 bits per heavy atom. The van der Waals surface area contributed by atoms with E-state index in [9.17, 15) is 19.5 Å². The SMILES string of the molecule is CCCCOC(=O)N(CCN[C@H](CC(=O)O)Cc1c[nH]c2ccccc12)[C@@H](Cc1ccccc1)C(=O)N(C)Cc1ccccc1OC. The molecule has 4 rings (SSSR count).